The van der Waals surface area contributed by atoms with Crippen molar-refractivity contribution in [2.24, 2.45) is 5.73 Å². The number of methoxy groups -OCH3 is 1. The van der Waals surface area contributed by atoms with E-state index in [2.05, 4.69) is 20.1 Å². The Labute approximate surface area is 172 Å². The van der Waals surface area contributed by atoms with Crippen molar-refractivity contribution in [1.29, 1.82) is 0 Å². The van der Waals surface area contributed by atoms with Gasteiger partial charge in [-0.2, -0.15) is 0 Å². The van der Waals surface area contributed by atoms with E-state index in [4.69, 9.17) is 22.1 Å². The Kier molecular flexibility index (Phi) is 6.54. The minimum atomic E-state index is -0.606. The molecule has 1 saturated heterocycles. The largest absolute Gasteiger partial charge is 0.396 e. The second kappa shape index (κ2) is 8.73. The summed E-state index contributed by atoms with van der Waals surface area (Å²) in [5.74, 6) is -0.483. The maximum absolute atomic E-state index is 11.9. The van der Waals surface area contributed by atoms with Gasteiger partial charge in [-0.3, -0.25) is 4.79 Å². The highest BCUT2D eigenvalue weighted by atomic mass is 35.5. The lowest BCUT2D eigenvalue weighted by atomic mass is 10.0. The molecule has 0 aliphatic carbocycles. The van der Waals surface area contributed by atoms with E-state index in [1.54, 1.807) is 7.11 Å². The number of nitrogens with zero attached hydrogens (tertiary/aromatic N) is 5. The lowest BCUT2D eigenvalue weighted by Crippen LogP contribution is -2.46. The summed E-state index contributed by atoms with van der Waals surface area (Å²) >= 11 is 7.72. The van der Waals surface area contributed by atoms with Gasteiger partial charge < -0.3 is 25.0 Å². The molecule has 3 N–H and O–H groups in total. The third-order valence-corrected chi connectivity index (χ3v) is 6.59. The predicted octanol–water partition coefficient (Wildman–Crippen LogP) is 1.61. The average molecular weight is 429 g/mol. The number of hydrogen-bond donors (Lipinski definition) is 2. The Hall–Kier alpha value is -1.75. The molecule has 2 aromatic heterocycles. The van der Waals surface area contributed by atoms with Crippen LogP contribution in [0.5, 0.6) is 0 Å². The van der Waals surface area contributed by atoms with Gasteiger partial charge in [-0.15, -0.1) is 10.2 Å². The molecule has 11 heteroatoms. The number of anilines is 1. The van der Waals surface area contributed by atoms with Gasteiger partial charge in [0.25, 0.3) is 5.91 Å². The number of carbonyl (C=O) groups excluding carboxylic acids is 1. The monoisotopic (exact) mass is 428 g/mol. The number of halogens is 1. The lowest BCUT2D eigenvalue weighted by molar-refractivity contribution is 0.0451. The van der Waals surface area contributed by atoms with Crippen LogP contribution in [0.4, 0.5) is 5.13 Å². The zero-order valence-electron chi connectivity index (χ0n) is 16.1. The molecule has 154 valence electrons. The van der Waals surface area contributed by atoms with Gasteiger partial charge >= 0.3 is 0 Å². The first kappa shape index (κ1) is 21.0. The number of aromatic nitrogens is 4. The van der Waals surface area contributed by atoms with Crippen molar-refractivity contribution < 1.29 is 14.6 Å². The van der Waals surface area contributed by atoms with Crippen molar-refractivity contribution in [3.05, 3.63) is 21.7 Å². The van der Waals surface area contributed by atoms with Crippen LogP contribution < -0.4 is 10.6 Å². The third-order valence-electron chi connectivity index (χ3n) is 5.07. The van der Waals surface area contributed by atoms with E-state index in [0.717, 1.165) is 15.8 Å². The molecule has 3 rings (SSSR count). The molecule has 1 amide bonds. The highest BCUT2D eigenvalue weighted by Gasteiger charge is 2.36. The number of amides is 1. The second-order valence-electron chi connectivity index (χ2n) is 6.84. The van der Waals surface area contributed by atoms with Crippen molar-refractivity contribution in [3.63, 3.8) is 0 Å². The van der Waals surface area contributed by atoms with Gasteiger partial charge in [-0.05, 0) is 12.8 Å². The Morgan fingerprint density at radius 1 is 1.50 bits per heavy atom. The summed E-state index contributed by atoms with van der Waals surface area (Å²) in [5.41, 5.74) is 6.32. The summed E-state index contributed by atoms with van der Waals surface area (Å²) in [7, 11) is 1.65. The Balaban J connectivity index is 1.86. The Bertz CT molecular complexity index is 841. The number of primary amides is 1. The number of rotatable bonds is 7. The smallest absolute Gasteiger partial charge is 0.284 e. The normalized spacial score (nSPS) is 21.1. The van der Waals surface area contributed by atoms with Crippen molar-refractivity contribution >= 4 is 34.0 Å². The zero-order valence-corrected chi connectivity index (χ0v) is 17.7. The molecule has 0 saturated carbocycles. The van der Waals surface area contributed by atoms with Crippen LogP contribution in [-0.4, -0.2) is 63.7 Å². The highest BCUT2D eigenvalue weighted by molar-refractivity contribution is 7.15. The minimum Gasteiger partial charge on any atom is -0.396 e. The molecule has 0 bridgehead atoms. The third kappa shape index (κ3) is 3.86. The maximum Gasteiger partial charge on any atom is 0.284 e. The van der Waals surface area contributed by atoms with Gasteiger partial charge in [-0.25, -0.2) is 4.98 Å². The molecule has 0 aromatic carbocycles. The molecule has 0 radical (unpaired) electrons. The van der Waals surface area contributed by atoms with Gasteiger partial charge in [0.2, 0.25) is 11.0 Å². The first-order valence-electron chi connectivity index (χ1n) is 9.19. The maximum atomic E-state index is 11.9. The highest BCUT2D eigenvalue weighted by Crippen LogP contribution is 2.34. The van der Waals surface area contributed by atoms with E-state index in [1.807, 2.05) is 18.4 Å². The number of imidazole rings is 1. The fourth-order valence-electron chi connectivity index (χ4n) is 3.52. The van der Waals surface area contributed by atoms with Crippen LogP contribution in [0.1, 0.15) is 53.5 Å². The summed E-state index contributed by atoms with van der Waals surface area (Å²) in [4.78, 5) is 18.2. The number of nitrogens with two attached hydrogens (primary N) is 1. The van der Waals surface area contributed by atoms with E-state index in [-0.39, 0.29) is 30.5 Å². The molecule has 1 unspecified atom stereocenters. The van der Waals surface area contributed by atoms with Gasteiger partial charge in [0, 0.05) is 26.1 Å². The van der Waals surface area contributed by atoms with Crippen molar-refractivity contribution in [2.45, 2.75) is 44.8 Å². The first-order chi connectivity index (χ1) is 13.4. The van der Waals surface area contributed by atoms with Gasteiger partial charge in [0.1, 0.15) is 5.01 Å². The SMILES string of the molecule is CCc1c(Cl)nc(C(N)=O)n1[C@@H]1CCN(c2nnc(C(C)CO)s2)C[C@@H]1OC. The standard InChI is InChI=1S/C17H25ClN6O3S/c1-4-10-13(18)20-15(14(19)26)24(10)11-5-6-23(7-12(11)27-3)17-22-21-16(28-17)9(2)8-25/h9,11-12,25H,4-8H2,1-3H3,(H2,19,26)/t9?,11-,12+/m1/s1. The molecule has 3 atom stereocenters. The van der Waals surface area contributed by atoms with Crippen LogP contribution >= 0.6 is 22.9 Å². The number of aliphatic hydroxyl groups is 1. The molecule has 1 aliphatic heterocycles. The van der Waals surface area contributed by atoms with Gasteiger partial charge in [-0.1, -0.05) is 36.8 Å². The molecule has 0 spiro atoms. The molecular weight excluding hydrogens is 404 g/mol. The van der Waals surface area contributed by atoms with E-state index >= 15 is 0 Å². The van der Waals surface area contributed by atoms with Crippen molar-refractivity contribution in [2.75, 3.05) is 31.7 Å². The number of hydrogen-bond acceptors (Lipinski definition) is 8. The topological polar surface area (TPSA) is 119 Å². The van der Waals surface area contributed by atoms with Gasteiger partial charge in [0.15, 0.2) is 5.15 Å². The molecule has 28 heavy (non-hydrogen) atoms. The molecule has 1 fully saturated rings. The summed E-state index contributed by atoms with van der Waals surface area (Å²) in [6, 6.07) is -0.109. The number of ether oxygens (including phenoxy) is 1. The molecule has 1 aliphatic rings. The quantitative estimate of drug-likeness (QED) is 0.687. The van der Waals surface area contributed by atoms with Crippen LogP contribution in [-0.2, 0) is 11.2 Å². The Morgan fingerprint density at radius 2 is 2.25 bits per heavy atom. The van der Waals surface area contributed by atoms with E-state index in [9.17, 15) is 9.90 Å². The molecular formula is C17H25ClN6O3S. The first-order valence-corrected chi connectivity index (χ1v) is 10.4. The van der Waals surface area contributed by atoms with Crippen molar-refractivity contribution in [3.8, 4) is 0 Å². The molecule has 2 aromatic rings. The zero-order chi connectivity index (χ0) is 20.4. The summed E-state index contributed by atoms with van der Waals surface area (Å²) < 4.78 is 7.60. The molecule has 9 nitrogen and oxygen atoms in total. The van der Waals surface area contributed by atoms with Crippen LogP contribution in [0.15, 0.2) is 0 Å². The lowest BCUT2D eigenvalue weighted by Gasteiger charge is -2.39. The van der Waals surface area contributed by atoms with Crippen LogP contribution in [0.2, 0.25) is 5.15 Å². The second-order valence-corrected chi connectivity index (χ2v) is 8.19. The van der Waals surface area contributed by atoms with Gasteiger partial charge in [0.05, 0.1) is 24.4 Å². The van der Waals surface area contributed by atoms with E-state index in [0.29, 0.717) is 31.1 Å². The summed E-state index contributed by atoms with van der Waals surface area (Å²) in [6.07, 6.45) is 1.14. The summed E-state index contributed by atoms with van der Waals surface area (Å²) in [5, 5.41) is 19.7. The Morgan fingerprint density at radius 3 is 2.86 bits per heavy atom. The average Bonchev–Trinajstić information content (AvgIpc) is 3.31. The van der Waals surface area contributed by atoms with Crippen molar-refractivity contribution in [1.82, 2.24) is 19.7 Å². The predicted molar refractivity (Wildman–Crippen MR) is 107 cm³/mol. The fraction of sp³-hybridized carbons (Fsp3) is 0.647. The van der Waals surface area contributed by atoms with Crippen LogP contribution in [0.25, 0.3) is 0 Å². The van der Waals surface area contributed by atoms with Crippen LogP contribution in [0, 0.1) is 0 Å². The number of carbonyl (C=O) groups is 1. The fourth-order valence-corrected chi connectivity index (χ4v) is 4.75. The number of piperidine rings is 1. The number of aliphatic hydroxyl groups excluding tert-OH is 1. The summed E-state index contributed by atoms with van der Waals surface area (Å²) in [6.45, 7) is 5.21. The van der Waals surface area contributed by atoms with Crippen LogP contribution in [0.3, 0.4) is 0 Å². The minimum absolute atomic E-state index is 0.0362. The van der Waals surface area contributed by atoms with E-state index < -0.39 is 5.91 Å². The molecule has 3 heterocycles. The van der Waals surface area contributed by atoms with E-state index in [1.165, 1.54) is 11.3 Å².